The molecule has 0 aliphatic rings. The molecule has 16 heavy (non-hydrogen) atoms. The van der Waals surface area contributed by atoms with Crippen molar-refractivity contribution in [3.63, 3.8) is 0 Å². The van der Waals surface area contributed by atoms with Crippen LogP contribution in [0.5, 0.6) is 0 Å². The van der Waals surface area contributed by atoms with E-state index >= 15 is 0 Å². The van der Waals surface area contributed by atoms with Crippen LogP contribution in [0.2, 0.25) is 12.5 Å². The van der Waals surface area contributed by atoms with Gasteiger partial charge in [0, 0.05) is 0 Å². The van der Waals surface area contributed by atoms with Gasteiger partial charge in [-0.25, -0.2) is 0 Å². The summed E-state index contributed by atoms with van der Waals surface area (Å²) in [6.45, 7) is 13.1. The van der Waals surface area contributed by atoms with Gasteiger partial charge in [0.1, 0.15) is 0 Å². The Bertz CT molecular complexity index is 129. The molecule has 0 aliphatic heterocycles. The molecule has 0 N–H and O–H groups in total. The third-order valence-corrected chi connectivity index (χ3v) is 15.1. The molecular formula is C14H32InN. The van der Waals surface area contributed by atoms with Gasteiger partial charge < -0.3 is 0 Å². The summed E-state index contributed by atoms with van der Waals surface area (Å²) in [6.07, 6.45) is 5.88. The van der Waals surface area contributed by atoms with Crippen molar-refractivity contribution >= 4 is 21.4 Å². The second kappa shape index (κ2) is 12.3. The monoisotopic (exact) mass is 329 g/mol. The Hall–Kier alpha value is 0.830. The molecule has 0 aliphatic carbocycles. The minimum atomic E-state index is -1.02. The van der Waals surface area contributed by atoms with E-state index in [1.807, 2.05) is 0 Å². The zero-order chi connectivity index (χ0) is 12.2. The third-order valence-electron chi connectivity index (χ3n) is 3.62. The first-order valence-corrected chi connectivity index (χ1v) is 14.5. The summed E-state index contributed by atoms with van der Waals surface area (Å²) in [5.74, 6) is 0. The van der Waals surface area contributed by atoms with E-state index in [2.05, 4.69) is 32.6 Å². The van der Waals surface area contributed by atoms with Gasteiger partial charge in [0.25, 0.3) is 0 Å². The number of unbranched alkanes of at least 4 members (excludes halogenated alkanes) is 1. The van der Waals surface area contributed by atoms with Gasteiger partial charge in [0.05, 0.1) is 0 Å². The minimum absolute atomic E-state index is 1.02. The van der Waals surface area contributed by atoms with Crippen LogP contribution in [0.1, 0.15) is 53.4 Å². The van der Waals surface area contributed by atoms with Crippen molar-refractivity contribution in [1.82, 2.24) is 4.90 Å². The van der Waals surface area contributed by atoms with E-state index in [1.54, 1.807) is 12.5 Å². The molecule has 0 fully saturated rings. The molecule has 0 atom stereocenters. The molecule has 0 radical (unpaired) electrons. The van der Waals surface area contributed by atoms with E-state index < -0.39 is 21.4 Å². The maximum absolute atomic E-state index is 2.56. The molecule has 0 unspecified atom stereocenters. The van der Waals surface area contributed by atoms with Gasteiger partial charge in [-0.15, -0.1) is 0 Å². The van der Waals surface area contributed by atoms with Crippen LogP contribution >= 0.6 is 0 Å². The van der Waals surface area contributed by atoms with Gasteiger partial charge in [0.2, 0.25) is 0 Å². The molecule has 0 saturated heterocycles. The van der Waals surface area contributed by atoms with Crippen LogP contribution in [0.3, 0.4) is 0 Å². The first-order valence-electron chi connectivity index (χ1n) is 7.50. The summed E-state index contributed by atoms with van der Waals surface area (Å²) in [7, 11) is 0. The van der Waals surface area contributed by atoms with Crippen molar-refractivity contribution in [2.24, 2.45) is 0 Å². The molecule has 0 spiro atoms. The van der Waals surface area contributed by atoms with Gasteiger partial charge in [-0.05, 0) is 0 Å². The summed E-state index contributed by atoms with van der Waals surface area (Å²) in [5, 5.41) is 0. The van der Waals surface area contributed by atoms with Crippen molar-refractivity contribution in [2.75, 3.05) is 19.6 Å². The average Bonchev–Trinajstić information content (AvgIpc) is 2.30. The molecule has 0 rings (SSSR count). The van der Waals surface area contributed by atoms with Crippen LogP contribution in [-0.2, 0) is 0 Å². The van der Waals surface area contributed by atoms with Crippen LogP contribution in [0.4, 0.5) is 0 Å². The van der Waals surface area contributed by atoms with Gasteiger partial charge in [-0.3, -0.25) is 0 Å². The average molecular weight is 329 g/mol. The molecule has 0 saturated carbocycles. The number of nitrogens with zero attached hydrogens (tertiary/aromatic N) is 1. The summed E-state index contributed by atoms with van der Waals surface area (Å²) in [5.41, 5.74) is 0. The molecule has 0 amide bonds. The molecule has 0 bridgehead atoms. The quantitative estimate of drug-likeness (QED) is 0.507. The topological polar surface area (TPSA) is 3.24 Å². The molecule has 0 aromatic heterocycles. The first-order chi connectivity index (χ1) is 7.78. The van der Waals surface area contributed by atoms with Crippen molar-refractivity contribution in [3.05, 3.63) is 0 Å². The zero-order valence-electron chi connectivity index (χ0n) is 12.1. The normalized spacial score (nSPS) is 11.1. The van der Waals surface area contributed by atoms with E-state index in [4.69, 9.17) is 0 Å². The summed E-state index contributed by atoms with van der Waals surface area (Å²) < 4.78 is 4.98. The predicted molar refractivity (Wildman–Crippen MR) is 77.8 cm³/mol. The van der Waals surface area contributed by atoms with Crippen molar-refractivity contribution in [3.8, 4) is 0 Å². The van der Waals surface area contributed by atoms with Crippen molar-refractivity contribution in [1.29, 1.82) is 0 Å². The molecule has 96 valence electrons. The second-order valence-electron chi connectivity index (χ2n) is 4.97. The Morgan fingerprint density at radius 1 is 0.750 bits per heavy atom. The second-order valence-corrected chi connectivity index (χ2v) is 14.9. The number of hydrogen-bond donors (Lipinski definition) is 0. The van der Waals surface area contributed by atoms with E-state index in [0.717, 1.165) is 0 Å². The number of rotatable bonds is 11. The molecule has 1 nitrogen and oxygen atoms in total. The standard InChI is InChI=1S/C8H18N.2C3H7.In/c1-4-7-8-9(5-2)6-3;2*1-3-2;/h1,4-8H2,2-3H3;2*1,3H2,2H3;. The van der Waals surface area contributed by atoms with E-state index in [9.17, 15) is 0 Å². The predicted octanol–water partition coefficient (Wildman–Crippen LogP) is 4.42. The Kier molecular flexibility index (Phi) is 12.9. The molecule has 0 aromatic carbocycles. The van der Waals surface area contributed by atoms with Crippen LogP contribution < -0.4 is 0 Å². The summed E-state index contributed by atoms with van der Waals surface area (Å²) in [6, 6.07) is 0. The zero-order valence-corrected chi connectivity index (χ0v) is 15.4. The fraction of sp³-hybridized carbons (Fsp3) is 1.00. The Morgan fingerprint density at radius 3 is 1.75 bits per heavy atom. The Balaban J connectivity index is 3.52. The summed E-state index contributed by atoms with van der Waals surface area (Å²) in [4.78, 5) is 2.56. The maximum atomic E-state index is 2.56. The van der Waals surface area contributed by atoms with Crippen LogP contribution in [-0.4, -0.2) is 46.0 Å². The molecule has 0 heterocycles. The number of hydrogen-bond acceptors (Lipinski definition) is 1. The van der Waals surface area contributed by atoms with Crippen LogP contribution in [0, 0.1) is 0 Å². The van der Waals surface area contributed by atoms with Gasteiger partial charge >= 0.3 is 112 Å². The Labute approximate surface area is 112 Å². The first kappa shape index (κ1) is 16.8. The SMILES string of the molecule is CC[CH2][In]([CH2]CC)[CH2]CCCN(CC)CC. The van der Waals surface area contributed by atoms with Gasteiger partial charge in [0.15, 0.2) is 0 Å². The fourth-order valence-electron chi connectivity index (χ4n) is 2.56. The van der Waals surface area contributed by atoms with Gasteiger partial charge in [-0.1, -0.05) is 0 Å². The summed E-state index contributed by atoms with van der Waals surface area (Å²) >= 11 is -1.02. The fourth-order valence-corrected chi connectivity index (χ4v) is 12.2. The van der Waals surface area contributed by atoms with E-state index in [0.29, 0.717) is 0 Å². The van der Waals surface area contributed by atoms with Crippen LogP contribution in [0.15, 0.2) is 0 Å². The third kappa shape index (κ3) is 8.92. The molecule has 2 heteroatoms. The van der Waals surface area contributed by atoms with E-state index in [-0.39, 0.29) is 0 Å². The van der Waals surface area contributed by atoms with Gasteiger partial charge in [-0.2, -0.15) is 0 Å². The van der Waals surface area contributed by atoms with Crippen molar-refractivity contribution < 1.29 is 0 Å². The Morgan fingerprint density at radius 2 is 1.31 bits per heavy atom. The molecule has 0 aromatic rings. The van der Waals surface area contributed by atoms with Crippen molar-refractivity contribution in [2.45, 2.75) is 65.9 Å². The molecular weight excluding hydrogens is 297 g/mol. The van der Waals surface area contributed by atoms with E-state index in [1.165, 1.54) is 45.3 Å². The van der Waals surface area contributed by atoms with Crippen LogP contribution in [0.25, 0.3) is 0 Å².